The number of benzene rings is 1. The quantitative estimate of drug-likeness (QED) is 0.304. The maximum atomic E-state index is 12.7. The van der Waals surface area contributed by atoms with Crippen LogP contribution < -0.4 is 15.8 Å². The van der Waals surface area contributed by atoms with Crippen LogP contribution in [0.15, 0.2) is 47.2 Å². The predicted octanol–water partition coefficient (Wildman–Crippen LogP) is 4.00. The lowest BCUT2D eigenvalue weighted by atomic mass is 10.0. The monoisotopic (exact) mass is 786 g/mol. The van der Waals surface area contributed by atoms with Crippen LogP contribution >= 0.6 is 63.7 Å². The number of nitrogens with zero attached hydrogens (tertiary/aromatic N) is 2. The number of carbonyl (C=O) groups excluding carboxylic acids is 2. The van der Waals surface area contributed by atoms with E-state index < -0.39 is 23.8 Å². The van der Waals surface area contributed by atoms with Gasteiger partial charge in [-0.25, -0.2) is 4.79 Å². The highest BCUT2D eigenvalue weighted by Crippen LogP contribution is 2.41. The maximum absolute atomic E-state index is 12.7. The highest BCUT2D eigenvalue weighted by atomic mass is 79.9. The van der Waals surface area contributed by atoms with Crippen LogP contribution in [-0.2, 0) is 25.5 Å². The first kappa shape index (κ1) is 30.7. The van der Waals surface area contributed by atoms with Crippen LogP contribution in [-0.4, -0.2) is 73.4 Å². The molecule has 0 saturated carbocycles. The number of amides is 3. The number of oxime groups is 1. The summed E-state index contributed by atoms with van der Waals surface area (Å²) in [5.74, 6) is -1.09. The third-order valence-electron chi connectivity index (χ3n) is 5.66. The largest absolute Gasteiger partial charge is 0.495 e. The molecule has 208 valence electrons. The summed E-state index contributed by atoms with van der Waals surface area (Å²) in [6.07, 6.45) is 1.06. The molecule has 2 aliphatic rings. The van der Waals surface area contributed by atoms with Crippen LogP contribution in [0.5, 0.6) is 5.75 Å². The number of nitrogens with one attached hydrogen (secondary N) is 1. The maximum Gasteiger partial charge on any atom is 0.314 e. The van der Waals surface area contributed by atoms with E-state index in [0.717, 1.165) is 14.5 Å². The highest BCUT2D eigenvalue weighted by Gasteiger charge is 2.54. The van der Waals surface area contributed by atoms with Crippen molar-refractivity contribution in [2.24, 2.45) is 10.9 Å². The first-order valence-corrected chi connectivity index (χ1v) is 14.5. The Balaban J connectivity index is 1.48. The van der Waals surface area contributed by atoms with Crippen molar-refractivity contribution in [3.05, 3.63) is 47.6 Å². The van der Waals surface area contributed by atoms with Crippen LogP contribution in [0.3, 0.4) is 0 Å². The molecule has 0 saturated heterocycles. The average molecular weight is 790 g/mol. The molecular formula is C23H26Br4N4O7. The number of carbonyl (C=O) groups is 2. The molecule has 3 rings (SSSR count). The Kier molecular flexibility index (Phi) is 10.9. The second-order valence-corrected chi connectivity index (χ2v) is 11.9. The molecule has 2 atom stereocenters. The van der Waals surface area contributed by atoms with Gasteiger partial charge in [-0.2, -0.15) is 0 Å². The molecule has 11 nitrogen and oxygen atoms in total. The number of urea groups is 1. The van der Waals surface area contributed by atoms with Gasteiger partial charge in [-0.1, -0.05) is 21.1 Å². The molecule has 0 aliphatic carbocycles. The van der Waals surface area contributed by atoms with E-state index in [0.29, 0.717) is 46.5 Å². The number of ether oxygens (including phenoxy) is 3. The molecule has 38 heavy (non-hydrogen) atoms. The van der Waals surface area contributed by atoms with E-state index in [-0.39, 0.29) is 18.7 Å². The van der Waals surface area contributed by atoms with Gasteiger partial charge in [0.25, 0.3) is 5.91 Å². The number of hydrogen-bond donors (Lipinski definition) is 3. The number of methoxy groups -OCH3 is 1. The van der Waals surface area contributed by atoms with Crippen molar-refractivity contribution in [2.45, 2.75) is 31.2 Å². The zero-order chi connectivity index (χ0) is 28.0. The fraction of sp³-hybridized carbons (Fsp3) is 0.435. The molecule has 1 spiro atoms. The number of rotatable bonds is 10. The minimum absolute atomic E-state index is 0.0570. The number of likely N-dealkylation sites (N-methyl/N-ethyl adjacent to an activating group) is 1. The molecule has 2 heterocycles. The smallest absolute Gasteiger partial charge is 0.314 e. The van der Waals surface area contributed by atoms with Crippen molar-refractivity contribution in [2.75, 3.05) is 33.9 Å². The van der Waals surface area contributed by atoms with Gasteiger partial charge in [0.15, 0.2) is 11.8 Å². The molecule has 1 aromatic rings. The summed E-state index contributed by atoms with van der Waals surface area (Å²) in [6.45, 7) is 1.08. The Morgan fingerprint density at radius 3 is 2.61 bits per heavy atom. The summed E-state index contributed by atoms with van der Waals surface area (Å²) in [5.41, 5.74) is 6.06. The van der Waals surface area contributed by atoms with E-state index in [1.165, 1.54) is 18.3 Å². The third-order valence-corrected chi connectivity index (χ3v) is 8.03. The Morgan fingerprint density at radius 2 is 1.97 bits per heavy atom. The fourth-order valence-electron chi connectivity index (χ4n) is 3.54. The van der Waals surface area contributed by atoms with Crippen molar-refractivity contribution in [1.82, 2.24) is 10.2 Å². The summed E-state index contributed by atoms with van der Waals surface area (Å²) in [5, 5.41) is 17.3. The first-order chi connectivity index (χ1) is 18.0. The Labute approximate surface area is 253 Å². The van der Waals surface area contributed by atoms with E-state index in [1.807, 2.05) is 12.1 Å². The van der Waals surface area contributed by atoms with Crippen molar-refractivity contribution in [1.29, 1.82) is 0 Å². The summed E-state index contributed by atoms with van der Waals surface area (Å²) in [4.78, 5) is 30.7. The predicted molar refractivity (Wildman–Crippen MR) is 154 cm³/mol. The normalized spacial score (nSPS) is 20.7. The molecule has 1 aromatic carbocycles. The Hall–Kier alpha value is -1.81. The second-order valence-electron chi connectivity index (χ2n) is 8.34. The molecule has 0 fully saturated rings. The van der Waals surface area contributed by atoms with Crippen LogP contribution in [0.2, 0.25) is 0 Å². The van der Waals surface area contributed by atoms with Crippen molar-refractivity contribution < 1.29 is 33.7 Å². The van der Waals surface area contributed by atoms with Crippen molar-refractivity contribution >= 4 is 81.4 Å². The number of aliphatic hydroxyl groups excluding tert-OH is 1. The molecule has 4 N–H and O–H groups in total. The third kappa shape index (κ3) is 7.23. The van der Waals surface area contributed by atoms with E-state index in [4.69, 9.17) is 24.8 Å². The lowest BCUT2D eigenvalue weighted by molar-refractivity contribution is -0.225. The minimum Gasteiger partial charge on any atom is -0.495 e. The summed E-state index contributed by atoms with van der Waals surface area (Å²) in [6, 6.07) is 3.35. The number of nitrogens with two attached hydrogens (primary N) is 1. The molecule has 3 amide bonds. The van der Waals surface area contributed by atoms with E-state index in [2.05, 4.69) is 74.2 Å². The van der Waals surface area contributed by atoms with Crippen LogP contribution in [0.1, 0.15) is 18.4 Å². The van der Waals surface area contributed by atoms with E-state index >= 15 is 0 Å². The first-order valence-electron chi connectivity index (χ1n) is 11.3. The van der Waals surface area contributed by atoms with E-state index in [1.54, 1.807) is 7.05 Å². The number of allylic oxidation sites excluding steroid dienone is 1. The van der Waals surface area contributed by atoms with Crippen molar-refractivity contribution in [3.8, 4) is 5.75 Å². The summed E-state index contributed by atoms with van der Waals surface area (Å²) >= 11 is 13.8. The van der Waals surface area contributed by atoms with Gasteiger partial charge in [0.05, 0.1) is 33.6 Å². The molecule has 0 radical (unpaired) electrons. The average Bonchev–Trinajstić information content (AvgIpc) is 3.11. The van der Waals surface area contributed by atoms with Gasteiger partial charge in [0, 0.05) is 24.6 Å². The molecule has 0 aromatic heterocycles. The van der Waals surface area contributed by atoms with Gasteiger partial charge in [-0.05, 0) is 78.3 Å². The van der Waals surface area contributed by atoms with E-state index in [9.17, 15) is 14.7 Å². The van der Waals surface area contributed by atoms with Gasteiger partial charge in [0.1, 0.15) is 17.8 Å². The molecule has 0 bridgehead atoms. The zero-order valence-electron chi connectivity index (χ0n) is 20.4. The standard InChI is InChI=1S/C23H26Br4N4O7/c1-31(22(28)34)6-4-12-8-13(24)19(14(25)9-12)36-7-3-5-29-21(33)17-20(32)23(38-30-17)10-15(26)18(35-2)16(27)11-37-23/h8-9,11,20,32H,3-7,10H2,1-2H3,(H2,28,34)(H,29,33). The van der Waals surface area contributed by atoms with Gasteiger partial charge in [-0.3, -0.25) is 4.79 Å². The Bertz CT molecular complexity index is 1150. The lowest BCUT2D eigenvalue weighted by Gasteiger charge is -2.27. The molecule has 2 unspecified atom stereocenters. The SMILES string of the molecule is COC1=C(Br)CC2(OC=C1Br)ON=C(C(=O)NCCCOc1c(Br)cc(CCN(C)C(N)=O)cc1Br)C2O. The fourth-order valence-corrected chi connectivity index (χ4v) is 6.57. The molecular weight excluding hydrogens is 764 g/mol. The second kappa shape index (κ2) is 13.5. The van der Waals surface area contributed by atoms with Gasteiger partial charge >= 0.3 is 11.8 Å². The number of halogens is 4. The number of primary amides is 1. The lowest BCUT2D eigenvalue weighted by Crippen LogP contribution is -2.49. The summed E-state index contributed by atoms with van der Waals surface area (Å²) in [7, 11) is 3.14. The van der Waals surface area contributed by atoms with Gasteiger partial charge in [0.2, 0.25) is 0 Å². The Morgan fingerprint density at radius 1 is 1.29 bits per heavy atom. The number of aliphatic hydroxyl groups is 1. The van der Waals surface area contributed by atoms with Crippen LogP contribution in [0, 0.1) is 0 Å². The van der Waals surface area contributed by atoms with Gasteiger partial charge < -0.3 is 40.1 Å². The van der Waals surface area contributed by atoms with Gasteiger partial charge in [-0.15, -0.1) is 0 Å². The minimum atomic E-state index is -1.60. The topological polar surface area (TPSA) is 145 Å². The summed E-state index contributed by atoms with van der Waals surface area (Å²) < 4.78 is 19.4. The zero-order valence-corrected chi connectivity index (χ0v) is 26.8. The number of hydrogen-bond acceptors (Lipinski definition) is 8. The highest BCUT2D eigenvalue weighted by molar-refractivity contribution is 9.12. The van der Waals surface area contributed by atoms with Crippen LogP contribution in [0.4, 0.5) is 4.79 Å². The van der Waals surface area contributed by atoms with Crippen LogP contribution in [0.25, 0.3) is 0 Å². The molecule has 2 aliphatic heterocycles. The molecule has 15 heteroatoms. The van der Waals surface area contributed by atoms with Crippen molar-refractivity contribution in [3.63, 3.8) is 0 Å².